The lowest BCUT2D eigenvalue weighted by molar-refractivity contribution is 0.102. The smallest absolute Gasteiger partial charge is 0.325 e. The van der Waals surface area contributed by atoms with E-state index in [1.807, 2.05) is 37.3 Å². The molecule has 9 nitrogen and oxygen atoms in total. The number of ether oxygens (including phenoxy) is 1. The third-order valence-corrected chi connectivity index (χ3v) is 5.24. The summed E-state index contributed by atoms with van der Waals surface area (Å²) in [6.07, 6.45) is 3.52. The first kappa shape index (κ1) is 21.1. The van der Waals surface area contributed by atoms with Gasteiger partial charge in [0.1, 0.15) is 5.52 Å². The Balaban J connectivity index is 1.37. The van der Waals surface area contributed by atoms with E-state index < -0.39 is 17.4 Å². The topological polar surface area (TPSA) is 118 Å². The van der Waals surface area contributed by atoms with Gasteiger partial charge < -0.3 is 15.0 Å². The summed E-state index contributed by atoms with van der Waals surface area (Å²) in [4.78, 5) is 33.5. The Hall–Kier alpha value is -4.73. The number of amides is 1. The number of hydrogen-bond donors (Lipinski definition) is 3. The first-order valence-electron chi connectivity index (χ1n) is 10.5. The Bertz CT molecular complexity index is 1550. The van der Waals surface area contributed by atoms with Gasteiger partial charge in [0.05, 0.1) is 23.1 Å². The van der Waals surface area contributed by atoms with Crippen LogP contribution in [0.25, 0.3) is 16.9 Å². The molecule has 0 aliphatic carbocycles. The Labute approximate surface area is 192 Å². The molecule has 10 heteroatoms. The first-order valence-corrected chi connectivity index (χ1v) is 10.5. The van der Waals surface area contributed by atoms with E-state index in [0.29, 0.717) is 23.1 Å². The molecular weight excluding hydrogens is 439 g/mol. The highest BCUT2D eigenvalue weighted by atomic mass is 19.1. The third-order valence-electron chi connectivity index (χ3n) is 5.24. The lowest BCUT2D eigenvalue weighted by atomic mass is 10.1. The van der Waals surface area contributed by atoms with Crippen molar-refractivity contribution in [1.29, 1.82) is 0 Å². The van der Waals surface area contributed by atoms with E-state index in [1.54, 1.807) is 4.68 Å². The van der Waals surface area contributed by atoms with E-state index in [0.717, 1.165) is 11.4 Å². The Morgan fingerprint density at radius 1 is 1.12 bits per heavy atom. The van der Waals surface area contributed by atoms with Crippen LogP contribution in [0.15, 0.2) is 71.8 Å². The number of hydrogen-bond acceptors (Lipinski definition) is 5. The van der Waals surface area contributed by atoms with Crippen molar-refractivity contribution in [2.75, 3.05) is 5.32 Å². The summed E-state index contributed by atoms with van der Waals surface area (Å²) < 4.78 is 22.1. The van der Waals surface area contributed by atoms with E-state index in [-0.39, 0.29) is 17.2 Å². The molecule has 3 N–H and O–H groups in total. The molecule has 170 valence electrons. The minimum atomic E-state index is -0.684. The number of benzene rings is 2. The van der Waals surface area contributed by atoms with Gasteiger partial charge >= 0.3 is 5.69 Å². The standard InChI is InChI=1S/C24H19FN6O3/c1-2-18-16(13-27-31(18)15-6-4-3-5-7-15)23(32)28-14-8-9-19(17(25)12-14)34-20-10-11-26-22-21(20)29-24(33)30-22/h3-13H,2H2,1H3,(H,28,32)(H2,26,29,30,33). The summed E-state index contributed by atoms with van der Waals surface area (Å²) in [7, 11) is 0. The Morgan fingerprint density at radius 3 is 2.71 bits per heavy atom. The second-order valence-electron chi connectivity index (χ2n) is 7.42. The fourth-order valence-electron chi connectivity index (χ4n) is 3.67. The maximum absolute atomic E-state index is 14.8. The molecule has 34 heavy (non-hydrogen) atoms. The van der Waals surface area contributed by atoms with Crippen molar-refractivity contribution in [3.05, 3.63) is 94.5 Å². The van der Waals surface area contributed by atoms with Gasteiger partial charge in [-0.2, -0.15) is 5.10 Å². The minimum Gasteiger partial charge on any atom is -0.452 e. The molecule has 3 aromatic heterocycles. The van der Waals surface area contributed by atoms with Crippen LogP contribution in [0.2, 0.25) is 0 Å². The summed E-state index contributed by atoms with van der Waals surface area (Å²) >= 11 is 0. The number of aromatic nitrogens is 5. The quantitative estimate of drug-likeness (QED) is 0.353. The molecule has 5 rings (SSSR count). The molecule has 0 unspecified atom stereocenters. The van der Waals surface area contributed by atoms with Crippen molar-refractivity contribution in [2.45, 2.75) is 13.3 Å². The van der Waals surface area contributed by atoms with E-state index in [9.17, 15) is 14.0 Å². The number of carbonyl (C=O) groups excluding carboxylic acids is 1. The van der Waals surface area contributed by atoms with E-state index in [4.69, 9.17) is 4.74 Å². The molecule has 0 bridgehead atoms. The summed E-state index contributed by atoms with van der Waals surface area (Å²) in [6, 6.07) is 15.1. The van der Waals surface area contributed by atoms with Crippen LogP contribution in [0, 0.1) is 5.82 Å². The normalized spacial score (nSPS) is 11.0. The summed E-state index contributed by atoms with van der Waals surface area (Å²) in [5.41, 5.74) is 2.44. The molecule has 0 aliphatic rings. The SMILES string of the molecule is CCc1c(C(=O)Nc2ccc(Oc3ccnc4[nH]c(=O)[nH]c34)c(F)c2)cnn1-c1ccccc1. The molecule has 0 atom stereocenters. The highest BCUT2D eigenvalue weighted by Gasteiger charge is 2.18. The van der Waals surface area contributed by atoms with Crippen LogP contribution in [-0.2, 0) is 6.42 Å². The molecule has 5 aromatic rings. The van der Waals surface area contributed by atoms with Crippen LogP contribution < -0.4 is 15.7 Å². The monoisotopic (exact) mass is 458 g/mol. The predicted octanol–water partition coefficient (Wildman–Crippen LogP) is 4.18. The molecule has 2 aromatic carbocycles. The van der Waals surface area contributed by atoms with Crippen LogP contribution in [-0.4, -0.2) is 30.6 Å². The van der Waals surface area contributed by atoms with Gasteiger partial charge in [0, 0.05) is 24.0 Å². The van der Waals surface area contributed by atoms with Crippen LogP contribution >= 0.6 is 0 Å². The van der Waals surface area contributed by atoms with Crippen molar-refractivity contribution >= 4 is 22.8 Å². The molecular formula is C24H19FN6O3. The van der Waals surface area contributed by atoms with Crippen LogP contribution in [0.4, 0.5) is 10.1 Å². The molecule has 0 spiro atoms. The zero-order valence-electron chi connectivity index (χ0n) is 18.0. The predicted molar refractivity (Wildman–Crippen MR) is 124 cm³/mol. The lowest BCUT2D eigenvalue weighted by Crippen LogP contribution is -2.14. The maximum atomic E-state index is 14.8. The molecule has 1 amide bonds. The number of nitrogens with one attached hydrogen (secondary N) is 3. The average Bonchev–Trinajstić information content (AvgIpc) is 3.44. The van der Waals surface area contributed by atoms with E-state index >= 15 is 0 Å². The summed E-state index contributed by atoms with van der Waals surface area (Å²) in [5, 5.41) is 7.07. The molecule has 0 saturated carbocycles. The number of aromatic amines is 2. The Kier molecular flexibility index (Phi) is 5.38. The van der Waals surface area contributed by atoms with Gasteiger partial charge in [-0.3, -0.25) is 9.78 Å². The number of halogens is 1. The molecule has 0 radical (unpaired) electrons. The molecule has 3 heterocycles. The fourth-order valence-corrected chi connectivity index (χ4v) is 3.67. The van der Waals surface area contributed by atoms with Crippen LogP contribution in [0.1, 0.15) is 23.0 Å². The molecule has 0 aliphatic heterocycles. The number of carbonyl (C=O) groups is 1. The third kappa shape index (κ3) is 3.92. The van der Waals surface area contributed by atoms with Gasteiger partial charge in [0.15, 0.2) is 23.0 Å². The maximum Gasteiger partial charge on any atom is 0.325 e. The van der Waals surface area contributed by atoms with Gasteiger partial charge in [0.25, 0.3) is 5.91 Å². The number of H-pyrrole nitrogens is 2. The molecule has 0 saturated heterocycles. The average molecular weight is 458 g/mol. The molecule has 0 fully saturated rings. The van der Waals surface area contributed by atoms with Gasteiger partial charge in [-0.05, 0) is 30.7 Å². The highest BCUT2D eigenvalue weighted by Crippen LogP contribution is 2.30. The van der Waals surface area contributed by atoms with Crippen molar-refractivity contribution in [3.63, 3.8) is 0 Å². The number of rotatable bonds is 6. The number of para-hydroxylation sites is 1. The Morgan fingerprint density at radius 2 is 1.94 bits per heavy atom. The number of pyridine rings is 1. The van der Waals surface area contributed by atoms with Crippen LogP contribution in [0.3, 0.4) is 0 Å². The summed E-state index contributed by atoms with van der Waals surface area (Å²) in [5.74, 6) is -0.914. The van der Waals surface area contributed by atoms with Crippen molar-refractivity contribution in [1.82, 2.24) is 24.7 Å². The van der Waals surface area contributed by atoms with Crippen molar-refractivity contribution < 1.29 is 13.9 Å². The van der Waals surface area contributed by atoms with E-state index in [2.05, 4.69) is 25.4 Å². The zero-order valence-corrected chi connectivity index (χ0v) is 18.0. The van der Waals surface area contributed by atoms with Gasteiger partial charge in [-0.15, -0.1) is 0 Å². The van der Waals surface area contributed by atoms with Gasteiger partial charge in [0.2, 0.25) is 0 Å². The number of anilines is 1. The largest absolute Gasteiger partial charge is 0.452 e. The minimum absolute atomic E-state index is 0.0707. The van der Waals surface area contributed by atoms with Gasteiger partial charge in [-0.25, -0.2) is 18.9 Å². The first-order chi connectivity index (χ1) is 16.5. The summed E-state index contributed by atoms with van der Waals surface area (Å²) in [6.45, 7) is 1.94. The lowest BCUT2D eigenvalue weighted by Gasteiger charge is -2.11. The highest BCUT2D eigenvalue weighted by molar-refractivity contribution is 6.05. The zero-order chi connectivity index (χ0) is 23.7. The fraction of sp³-hybridized carbons (Fsp3) is 0.0833. The second-order valence-corrected chi connectivity index (χ2v) is 7.42. The van der Waals surface area contributed by atoms with Crippen molar-refractivity contribution in [3.8, 4) is 17.2 Å². The number of fused-ring (bicyclic) bond motifs is 1. The van der Waals surface area contributed by atoms with E-state index in [1.165, 1.54) is 36.7 Å². The second kappa shape index (κ2) is 8.66. The van der Waals surface area contributed by atoms with Crippen LogP contribution in [0.5, 0.6) is 11.5 Å². The van der Waals surface area contributed by atoms with Gasteiger partial charge in [-0.1, -0.05) is 25.1 Å². The number of nitrogens with zero attached hydrogens (tertiary/aromatic N) is 3. The van der Waals surface area contributed by atoms with Crippen molar-refractivity contribution in [2.24, 2.45) is 0 Å². The number of imidazole rings is 1.